The van der Waals surface area contributed by atoms with Crippen molar-refractivity contribution in [1.82, 2.24) is 9.80 Å². The summed E-state index contributed by atoms with van der Waals surface area (Å²) in [7, 11) is 4.11. The highest BCUT2D eigenvalue weighted by molar-refractivity contribution is 5.84. The van der Waals surface area contributed by atoms with E-state index in [1.165, 1.54) is 42.4 Å². The normalized spacial score (nSPS) is 39.4. The number of aliphatic hydroxyl groups excluding tert-OH is 2. The first-order valence-corrected chi connectivity index (χ1v) is 19.4. The molecule has 9 atom stereocenters. The van der Waals surface area contributed by atoms with Crippen LogP contribution >= 0.6 is 0 Å². The lowest BCUT2D eigenvalue weighted by Gasteiger charge is -2.72. The fourth-order valence-corrected chi connectivity index (χ4v) is 13.5. The van der Waals surface area contributed by atoms with Crippen LogP contribution in [0.4, 0.5) is 0 Å². The number of allylic oxidation sites excluding steroid dienone is 3. The molecule has 5 aliphatic rings. The molecule has 49 heavy (non-hydrogen) atoms. The Labute approximate surface area is 297 Å². The lowest BCUT2D eigenvalue weighted by Crippen LogP contribution is -2.66. The Bertz CT molecular complexity index is 1450. The number of hydrogen-bond donors (Lipinski definition) is 3. The van der Waals surface area contributed by atoms with Gasteiger partial charge in [-0.1, -0.05) is 77.1 Å². The summed E-state index contributed by atoms with van der Waals surface area (Å²) in [6.07, 6.45) is 11.0. The standard InChI is InChI=1S/C43H66N2O4/c1-28(2)31-16-21-43(38(49)45(26-27-46)25-24-44(8)9)23-22-41(6)33(36(31)43)14-15-35-40(5)19-17-32(29-10-12-30(13-11-29)37(47)48)39(3,4)34(40)18-20-42(35,41)7/h10-13,17,31,33-37,46-48H,1,14-16,18-27H2,2-9H3/t31-,33+,34-,35+,36+,40-,41+,42+,43-/m0/s1. The summed E-state index contributed by atoms with van der Waals surface area (Å²) in [6, 6.07) is 7.85. The molecule has 0 heterocycles. The van der Waals surface area contributed by atoms with Crippen molar-refractivity contribution in [2.24, 2.45) is 56.7 Å². The highest BCUT2D eigenvalue weighted by atomic mass is 16.5. The molecule has 1 aromatic carbocycles. The van der Waals surface area contributed by atoms with Gasteiger partial charge >= 0.3 is 0 Å². The number of rotatable bonds is 9. The van der Waals surface area contributed by atoms with E-state index in [-0.39, 0.29) is 33.7 Å². The van der Waals surface area contributed by atoms with Crippen LogP contribution in [0.2, 0.25) is 0 Å². The molecule has 1 aromatic rings. The largest absolute Gasteiger partial charge is 0.395 e. The van der Waals surface area contributed by atoms with Crippen molar-refractivity contribution in [2.75, 3.05) is 40.3 Å². The van der Waals surface area contributed by atoms with E-state index in [1.807, 2.05) is 17.0 Å². The summed E-state index contributed by atoms with van der Waals surface area (Å²) < 4.78 is 0. The second kappa shape index (κ2) is 12.9. The maximum atomic E-state index is 14.9. The topological polar surface area (TPSA) is 84.2 Å². The molecule has 0 aliphatic heterocycles. The van der Waals surface area contributed by atoms with Crippen molar-refractivity contribution in [3.63, 3.8) is 0 Å². The van der Waals surface area contributed by atoms with Crippen molar-refractivity contribution < 1.29 is 20.1 Å². The number of aliphatic hydroxyl groups is 3. The van der Waals surface area contributed by atoms with E-state index in [0.29, 0.717) is 54.1 Å². The molecule has 6 heteroatoms. The Morgan fingerprint density at radius 1 is 0.878 bits per heavy atom. The van der Waals surface area contributed by atoms with Gasteiger partial charge in [-0.05, 0) is 141 Å². The number of likely N-dealkylation sites (N-methyl/N-ethyl adjacent to an activating group) is 1. The smallest absolute Gasteiger partial charge is 0.229 e. The summed E-state index contributed by atoms with van der Waals surface area (Å²) in [5, 5.41) is 29.4. The van der Waals surface area contributed by atoms with E-state index in [4.69, 9.17) is 0 Å². The van der Waals surface area contributed by atoms with Crippen LogP contribution in [0.5, 0.6) is 0 Å². The van der Waals surface area contributed by atoms with Gasteiger partial charge in [-0.3, -0.25) is 4.79 Å². The Balaban J connectivity index is 1.34. The van der Waals surface area contributed by atoms with Crippen molar-refractivity contribution in [2.45, 2.75) is 106 Å². The Hall–Kier alpha value is -1.99. The fraction of sp³-hybridized carbons (Fsp3) is 0.744. The Morgan fingerprint density at radius 3 is 2.18 bits per heavy atom. The van der Waals surface area contributed by atoms with Gasteiger partial charge in [-0.2, -0.15) is 0 Å². The molecule has 6 rings (SSSR count). The first-order valence-electron chi connectivity index (χ1n) is 19.4. The van der Waals surface area contributed by atoms with Gasteiger partial charge in [0.2, 0.25) is 5.91 Å². The van der Waals surface area contributed by atoms with Crippen LogP contribution in [-0.4, -0.2) is 71.4 Å². The first kappa shape index (κ1) is 36.8. The second-order valence-electron chi connectivity index (χ2n) is 18.7. The predicted octanol–water partition coefficient (Wildman–Crippen LogP) is 7.70. The highest BCUT2D eigenvalue weighted by Crippen LogP contribution is 2.78. The number of carbonyl (C=O) groups is 1. The van der Waals surface area contributed by atoms with E-state index in [0.717, 1.165) is 38.6 Å². The fourth-order valence-electron chi connectivity index (χ4n) is 13.5. The minimum Gasteiger partial charge on any atom is -0.395 e. The summed E-state index contributed by atoms with van der Waals surface area (Å²) in [4.78, 5) is 19.0. The summed E-state index contributed by atoms with van der Waals surface area (Å²) >= 11 is 0. The second-order valence-corrected chi connectivity index (χ2v) is 18.7. The molecule has 0 bridgehead atoms. The molecule has 0 spiro atoms. The van der Waals surface area contributed by atoms with Crippen LogP contribution in [0, 0.1) is 56.7 Å². The monoisotopic (exact) mass is 675 g/mol. The highest BCUT2D eigenvalue weighted by Gasteiger charge is 2.71. The molecule has 0 unspecified atom stereocenters. The summed E-state index contributed by atoms with van der Waals surface area (Å²) in [6.45, 7) is 21.5. The zero-order chi connectivity index (χ0) is 35.7. The average Bonchev–Trinajstić information content (AvgIpc) is 3.44. The maximum absolute atomic E-state index is 14.9. The van der Waals surface area contributed by atoms with Crippen LogP contribution < -0.4 is 0 Å². The number of nitrogens with zero attached hydrogens (tertiary/aromatic N) is 2. The number of amides is 1. The van der Waals surface area contributed by atoms with E-state index < -0.39 is 6.29 Å². The number of hydrogen-bond acceptors (Lipinski definition) is 5. The van der Waals surface area contributed by atoms with Gasteiger partial charge in [-0.25, -0.2) is 0 Å². The number of fused-ring (bicyclic) bond motifs is 7. The molecule has 6 nitrogen and oxygen atoms in total. The predicted molar refractivity (Wildman–Crippen MR) is 198 cm³/mol. The Kier molecular flexibility index (Phi) is 9.68. The third kappa shape index (κ3) is 5.52. The summed E-state index contributed by atoms with van der Waals surface area (Å²) in [5.74, 6) is 2.66. The van der Waals surface area contributed by atoms with Gasteiger partial charge in [0.25, 0.3) is 0 Å². The Morgan fingerprint density at radius 2 is 1.57 bits per heavy atom. The lowest BCUT2D eigenvalue weighted by atomic mass is 9.32. The van der Waals surface area contributed by atoms with Gasteiger partial charge in [0.1, 0.15) is 0 Å². The van der Waals surface area contributed by atoms with E-state index >= 15 is 0 Å². The maximum Gasteiger partial charge on any atom is 0.229 e. The van der Waals surface area contributed by atoms with Gasteiger partial charge in [0.05, 0.1) is 12.0 Å². The van der Waals surface area contributed by atoms with Gasteiger partial charge in [0, 0.05) is 25.2 Å². The van der Waals surface area contributed by atoms with Crippen LogP contribution in [0.3, 0.4) is 0 Å². The van der Waals surface area contributed by atoms with E-state index in [9.17, 15) is 20.1 Å². The van der Waals surface area contributed by atoms with Crippen molar-refractivity contribution in [1.29, 1.82) is 0 Å². The summed E-state index contributed by atoms with van der Waals surface area (Å²) in [5.41, 5.74) is 4.55. The molecule has 0 radical (unpaired) electrons. The van der Waals surface area contributed by atoms with Crippen molar-refractivity contribution in [3.8, 4) is 0 Å². The molecule has 1 amide bonds. The van der Waals surface area contributed by atoms with Crippen LogP contribution in [0.15, 0.2) is 42.5 Å². The first-order chi connectivity index (χ1) is 23.0. The van der Waals surface area contributed by atoms with Crippen molar-refractivity contribution >= 4 is 11.5 Å². The molecule has 5 aliphatic carbocycles. The lowest BCUT2D eigenvalue weighted by molar-refractivity contribution is -0.226. The molecule has 4 saturated carbocycles. The van der Waals surface area contributed by atoms with E-state index in [2.05, 4.69) is 85.3 Å². The minimum absolute atomic E-state index is 0.00120. The molecule has 0 aromatic heterocycles. The number of carbonyl (C=O) groups excluding carboxylic acids is 1. The molecule has 3 N–H and O–H groups in total. The number of benzene rings is 1. The molecule has 4 fully saturated rings. The van der Waals surface area contributed by atoms with Gasteiger partial charge in [0.15, 0.2) is 6.29 Å². The van der Waals surface area contributed by atoms with Crippen LogP contribution in [0.1, 0.15) is 117 Å². The van der Waals surface area contributed by atoms with Gasteiger partial charge < -0.3 is 25.1 Å². The average molecular weight is 675 g/mol. The van der Waals surface area contributed by atoms with E-state index in [1.54, 1.807) is 0 Å². The molecule has 272 valence electrons. The molecular formula is C43H66N2O4. The zero-order valence-corrected chi connectivity index (χ0v) is 31.9. The van der Waals surface area contributed by atoms with Gasteiger partial charge in [-0.15, -0.1) is 0 Å². The molecule has 0 saturated heterocycles. The minimum atomic E-state index is -1.45. The van der Waals surface area contributed by atoms with Crippen LogP contribution in [-0.2, 0) is 4.79 Å². The third-order valence-corrected chi connectivity index (χ3v) is 16.1. The van der Waals surface area contributed by atoms with Crippen LogP contribution in [0.25, 0.3) is 5.57 Å². The zero-order valence-electron chi connectivity index (χ0n) is 31.9. The SMILES string of the molecule is C=C(C)[C@@H]1CC[C@]2(C(=O)N(CCO)CCN(C)C)CC[C@]3(C)[C@H](CC[C@@H]4[C@@]5(C)CC=C(c6ccc(C(O)O)cc6)C(C)(C)[C@@H]5CC[C@]43C)[C@@H]12. The third-order valence-electron chi connectivity index (χ3n) is 16.1. The molecular weight excluding hydrogens is 608 g/mol. The quantitative estimate of drug-likeness (QED) is 0.185. The van der Waals surface area contributed by atoms with Crippen molar-refractivity contribution in [3.05, 3.63) is 53.6 Å².